The molecular weight excluding hydrogens is 296 g/mol. The van der Waals surface area contributed by atoms with Crippen molar-refractivity contribution in [3.8, 4) is 0 Å². The highest BCUT2D eigenvalue weighted by Crippen LogP contribution is 2.32. The summed E-state index contributed by atoms with van der Waals surface area (Å²) >= 11 is 6.39. The number of nitro groups is 1. The fraction of sp³-hybridized carbons (Fsp3) is 0.231. The summed E-state index contributed by atoms with van der Waals surface area (Å²) in [6, 6.07) is 6.17. The van der Waals surface area contributed by atoms with Crippen LogP contribution in [-0.2, 0) is 4.79 Å². The highest BCUT2D eigenvalue weighted by atomic mass is 32.2. The summed E-state index contributed by atoms with van der Waals surface area (Å²) in [4.78, 5) is 24.5. The number of amides is 1. The monoisotopic (exact) mass is 308 g/mol. The summed E-state index contributed by atoms with van der Waals surface area (Å²) in [7, 11) is 0. The number of hydrogen-bond acceptors (Lipinski definition) is 5. The average Bonchev–Trinajstić information content (AvgIpc) is 2.67. The fourth-order valence-corrected chi connectivity index (χ4v) is 3.10. The third-order valence-electron chi connectivity index (χ3n) is 2.70. The molecule has 1 amide bonds. The van der Waals surface area contributed by atoms with E-state index in [0.717, 1.165) is 6.42 Å². The van der Waals surface area contributed by atoms with Crippen molar-refractivity contribution in [1.82, 2.24) is 4.90 Å². The average molecular weight is 308 g/mol. The van der Waals surface area contributed by atoms with Crippen molar-refractivity contribution in [1.29, 1.82) is 0 Å². The molecule has 0 atom stereocenters. The Bertz CT molecular complexity index is 613. The predicted molar refractivity (Wildman–Crippen MR) is 83.3 cm³/mol. The normalized spacial score (nSPS) is 17.1. The molecule has 1 aliphatic heterocycles. The van der Waals surface area contributed by atoms with Gasteiger partial charge in [-0.15, -0.1) is 0 Å². The third kappa shape index (κ3) is 3.05. The maximum Gasteiger partial charge on any atom is 0.270 e. The molecule has 20 heavy (non-hydrogen) atoms. The lowest BCUT2D eigenvalue weighted by Crippen LogP contribution is -2.28. The van der Waals surface area contributed by atoms with Gasteiger partial charge >= 0.3 is 0 Å². The first-order valence-corrected chi connectivity index (χ1v) is 7.25. The summed E-state index contributed by atoms with van der Waals surface area (Å²) in [6.45, 7) is 2.57. The van der Waals surface area contributed by atoms with Crippen molar-refractivity contribution in [3.63, 3.8) is 0 Å². The number of nitro benzene ring substituents is 1. The molecule has 1 aliphatic rings. The molecule has 1 aromatic carbocycles. The second-order valence-electron chi connectivity index (χ2n) is 4.19. The number of benzene rings is 1. The minimum absolute atomic E-state index is 0.00258. The van der Waals surface area contributed by atoms with Gasteiger partial charge < -0.3 is 0 Å². The fourth-order valence-electron chi connectivity index (χ4n) is 1.80. The third-order valence-corrected chi connectivity index (χ3v) is 4.08. The first-order valence-electron chi connectivity index (χ1n) is 6.02. The Labute approximate surface area is 125 Å². The van der Waals surface area contributed by atoms with E-state index >= 15 is 0 Å². The number of thiocarbonyl (C=S) groups is 1. The first-order chi connectivity index (χ1) is 9.52. The lowest BCUT2D eigenvalue weighted by molar-refractivity contribution is -0.384. The molecule has 0 N–H and O–H groups in total. The standard InChI is InChI=1S/C13H12N2O3S2/c1-2-6-14-12(16)11(20-13(14)19)8-9-4-3-5-10(7-9)15(17)18/h3-5,7-8H,2,6H2,1H3/b11-8-. The summed E-state index contributed by atoms with van der Waals surface area (Å²) in [5, 5.41) is 10.7. The molecule has 0 saturated carbocycles. The number of thioether (sulfide) groups is 1. The van der Waals surface area contributed by atoms with Crippen LogP contribution in [0.3, 0.4) is 0 Å². The summed E-state index contributed by atoms with van der Waals surface area (Å²) in [5.41, 5.74) is 0.624. The molecule has 1 heterocycles. The van der Waals surface area contributed by atoms with Gasteiger partial charge in [0, 0.05) is 18.7 Å². The maximum atomic E-state index is 12.1. The van der Waals surface area contributed by atoms with Gasteiger partial charge in [-0.3, -0.25) is 19.8 Å². The SMILES string of the molecule is CCCN1C(=O)/C(=C/c2cccc([N+](=O)[O-])c2)SC1=S. The highest BCUT2D eigenvalue weighted by molar-refractivity contribution is 8.26. The molecule has 2 rings (SSSR count). The van der Waals surface area contributed by atoms with Crippen LogP contribution in [0.5, 0.6) is 0 Å². The minimum atomic E-state index is -0.459. The first kappa shape index (κ1) is 14.7. The molecule has 7 heteroatoms. The highest BCUT2D eigenvalue weighted by Gasteiger charge is 2.31. The largest absolute Gasteiger partial charge is 0.293 e. The van der Waals surface area contributed by atoms with Crippen LogP contribution >= 0.6 is 24.0 Å². The Morgan fingerprint density at radius 3 is 2.90 bits per heavy atom. The van der Waals surface area contributed by atoms with Crippen molar-refractivity contribution >= 4 is 46.0 Å². The Hall–Kier alpha value is -1.73. The van der Waals surface area contributed by atoms with Crippen LogP contribution in [0.15, 0.2) is 29.2 Å². The molecule has 0 aromatic heterocycles. The Balaban J connectivity index is 2.28. The maximum absolute atomic E-state index is 12.1. The summed E-state index contributed by atoms with van der Waals surface area (Å²) < 4.78 is 0.536. The topological polar surface area (TPSA) is 63.5 Å². The van der Waals surface area contributed by atoms with Crippen LogP contribution in [0.25, 0.3) is 6.08 Å². The van der Waals surface area contributed by atoms with E-state index in [1.165, 1.54) is 23.9 Å². The molecule has 1 fully saturated rings. The summed E-state index contributed by atoms with van der Waals surface area (Å²) in [6.07, 6.45) is 2.47. The zero-order valence-corrected chi connectivity index (χ0v) is 12.4. The Morgan fingerprint density at radius 1 is 1.50 bits per heavy atom. The van der Waals surface area contributed by atoms with Crippen LogP contribution in [0, 0.1) is 10.1 Å². The lowest BCUT2D eigenvalue weighted by atomic mass is 10.2. The minimum Gasteiger partial charge on any atom is -0.293 e. The van der Waals surface area contributed by atoms with Crippen LogP contribution in [-0.4, -0.2) is 26.6 Å². The molecule has 0 unspecified atom stereocenters. The number of nitrogens with zero attached hydrogens (tertiary/aromatic N) is 2. The van der Waals surface area contributed by atoms with Crippen LogP contribution in [0.1, 0.15) is 18.9 Å². The Kier molecular flexibility index (Phi) is 4.51. The molecular formula is C13H12N2O3S2. The van der Waals surface area contributed by atoms with E-state index < -0.39 is 4.92 Å². The van der Waals surface area contributed by atoms with E-state index in [0.29, 0.717) is 21.3 Å². The van der Waals surface area contributed by atoms with E-state index in [4.69, 9.17) is 12.2 Å². The van der Waals surface area contributed by atoms with E-state index in [1.54, 1.807) is 23.1 Å². The van der Waals surface area contributed by atoms with Gasteiger partial charge in [0.2, 0.25) is 0 Å². The van der Waals surface area contributed by atoms with Crippen LogP contribution in [0.4, 0.5) is 5.69 Å². The van der Waals surface area contributed by atoms with Crippen molar-refractivity contribution in [2.75, 3.05) is 6.54 Å². The molecule has 5 nitrogen and oxygen atoms in total. The van der Waals surface area contributed by atoms with Gasteiger partial charge in [-0.05, 0) is 18.1 Å². The second-order valence-corrected chi connectivity index (χ2v) is 5.86. The van der Waals surface area contributed by atoms with E-state index in [2.05, 4.69) is 0 Å². The van der Waals surface area contributed by atoms with E-state index in [1.807, 2.05) is 6.92 Å². The van der Waals surface area contributed by atoms with Gasteiger partial charge in [-0.1, -0.05) is 43.0 Å². The predicted octanol–water partition coefficient (Wildman–Crippen LogP) is 3.21. The van der Waals surface area contributed by atoms with Crippen molar-refractivity contribution < 1.29 is 9.72 Å². The molecule has 0 bridgehead atoms. The van der Waals surface area contributed by atoms with Crippen molar-refractivity contribution in [2.45, 2.75) is 13.3 Å². The van der Waals surface area contributed by atoms with Gasteiger partial charge in [-0.25, -0.2) is 0 Å². The molecule has 0 spiro atoms. The van der Waals surface area contributed by atoms with Gasteiger partial charge in [0.15, 0.2) is 0 Å². The van der Waals surface area contributed by atoms with Crippen molar-refractivity contribution in [3.05, 3.63) is 44.8 Å². The number of carbonyl (C=O) groups excluding carboxylic acids is 1. The zero-order chi connectivity index (χ0) is 14.7. The van der Waals surface area contributed by atoms with Gasteiger partial charge in [0.25, 0.3) is 11.6 Å². The number of rotatable bonds is 4. The van der Waals surface area contributed by atoms with E-state index in [9.17, 15) is 14.9 Å². The lowest BCUT2D eigenvalue weighted by Gasteiger charge is -2.11. The number of non-ortho nitro benzene ring substituents is 1. The van der Waals surface area contributed by atoms with Crippen molar-refractivity contribution in [2.24, 2.45) is 0 Å². The molecule has 1 aromatic rings. The molecule has 0 aliphatic carbocycles. The van der Waals surface area contributed by atoms with Gasteiger partial charge in [-0.2, -0.15) is 0 Å². The van der Waals surface area contributed by atoms with Crippen LogP contribution in [0.2, 0.25) is 0 Å². The molecule has 104 valence electrons. The Morgan fingerprint density at radius 2 is 2.25 bits per heavy atom. The van der Waals surface area contributed by atoms with Crippen LogP contribution < -0.4 is 0 Å². The van der Waals surface area contributed by atoms with Gasteiger partial charge in [0.1, 0.15) is 4.32 Å². The number of carbonyl (C=O) groups is 1. The quantitative estimate of drug-likeness (QED) is 0.370. The smallest absolute Gasteiger partial charge is 0.270 e. The zero-order valence-electron chi connectivity index (χ0n) is 10.7. The van der Waals surface area contributed by atoms with Gasteiger partial charge in [0.05, 0.1) is 9.83 Å². The number of hydrogen-bond donors (Lipinski definition) is 0. The van der Waals surface area contributed by atoms with E-state index in [-0.39, 0.29) is 11.6 Å². The molecule has 1 saturated heterocycles. The second kappa shape index (κ2) is 6.15. The summed E-state index contributed by atoms with van der Waals surface area (Å²) in [5.74, 6) is -0.131. The molecule has 0 radical (unpaired) electrons.